The van der Waals surface area contributed by atoms with E-state index in [1.807, 2.05) is 13.0 Å². The van der Waals surface area contributed by atoms with Crippen molar-refractivity contribution in [1.82, 2.24) is 9.97 Å². The van der Waals surface area contributed by atoms with Crippen molar-refractivity contribution in [3.8, 4) is 5.88 Å². The molecule has 5 heteroatoms. The van der Waals surface area contributed by atoms with Crippen molar-refractivity contribution in [2.75, 3.05) is 23.4 Å². The van der Waals surface area contributed by atoms with Crippen molar-refractivity contribution in [2.24, 2.45) is 0 Å². The van der Waals surface area contributed by atoms with Crippen molar-refractivity contribution in [2.45, 2.75) is 45.6 Å². The number of halogens is 1. The summed E-state index contributed by atoms with van der Waals surface area (Å²) in [6.45, 7) is 5.75. The van der Waals surface area contributed by atoms with Gasteiger partial charge in [0.2, 0.25) is 11.8 Å². The quantitative estimate of drug-likeness (QED) is 0.720. The molecule has 1 heterocycles. The summed E-state index contributed by atoms with van der Waals surface area (Å²) in [5.74, 6) is 1.51. The van der Waals surface area contributed by atoms with Crippen molar-refractivity contribution >= 4 is 21.9 Å². The Morgan fingerprint density at radius 1 is 1.42 bits per heavy atom. The predicted molar refractivity (Wildman–Crippen MR) is 81.3 cm³/mol. The van der Waals surface area contributed by atoms with Crippen LogP contribution in [0.1, 0.15) is 38.3 Å². The van der Waals surface area contributed by atoms with Gasteiger partial charge >= 0.3 is 0 Å². The topological polar surface area (TPSA) is 38.2 Å². The highest BCUT2D eigenvalue weighted by atomic mass is 79.9. The average Bonchev–Trinajstić information content (AvgIpc) is 2.33. The van der Waals surface area contributed by atoms with Gasteiger partial charge in [0.15, 0.2) is 0 Å². The molecule has 0 amide bonds. The summed E-state index contributed by atoms with van der Waals surface area (Å²) in [4.78, 5) is 11.5. The number of anilines is 1. The maximum absolute atomic E-state index is 5.65. The molecule has 0 N–H and O–H groups in total. The summed E-state index contributed by atoms with van der Waals surface area (Å²) >= 11 is 3.52. The Hall–Kier alpha value is -0.840. The lowest BCUT2D eigenvalue weighted by atomic mass is 9.92. The maximum atomic E-state index is 5.65. The molecular formula is C14H22BrN3O. The molecule has 0 atom stereocenters. The first-order valence-corrected chi connectivity index (χ1v) is 8.17. The van der Waals surface area contributed by atoms with E-state index in [9.17, 15) is 0 Å². The third-order valence-corrected chi connectivity index (χ3v) is 3.73. The molecule has 1 aromatic heterocycles. The second-order valence-electron chi connectivity index (χ2n) is 4.96. The lowest BCUT2D eigenvalue weighted by molar-refractivity contribution is 0.303. The fraction of sp³-hybridized carbons (Fsp3) is 0.714. The Labute approximate surface area is 123 Å². The van der Waals surface area contributed by atoms with Crippen LogP contribution in [0.5, 0.6) is 5.88 Å². The molecule has 0 aliphatic heterocycles. The van der Waals surface area contributed by atoms with Gasteiger partial charge in [-0.1, -0.05) is 22.9 Å². The average molecular weight is 328 g/mol. The molecule has 4 nitrogen and oxygen atoms in total. The molecule has 0 unspecified atom stereocenters. The molecular weight excluding hydrogens is 306 g/mol. The van der Waals surface area contributed by atoms with Crippen LogP contribution in [-0.2, 0) is 0 Å². The number of ether oxygens (including phenoxy) is 1. The highest BCUT2D eigenvalue weighted by molar-refractivity contribution is 9.09. The third-order valence-electron chi connectivity index (χ3n) is 3.37. The Balaban J connectivity index is 2.17. The molecule has 19 heavy (non-hydrogen) atoms. The van der Waals surface area contributed by atoms with Crippen LogP contribution in [0.2, 0.25) is 0 Å². The van der Waals surface area contributed by atoms with Gasteiger partial charge in [0.25, 0.3) is 0 Å². The monoisotopic (exact) mass is 327 g/mol. The number of nitrogens with zero attached hydrogens (tertiary/aromatic N) is 3. The van der Waals surface area contributed by atoms with Crippen LogP contribution in [0, 0.1) is 6.92 Å². The Kier molecular flexibility index (Phi) is 5.43. The number of aryl methyl sites for hydroxylation is 1. The van der Waals surface area contributed by atoms with Crippen molar-refractivity contribution in [3.63, 3.8) is 0 Å². The zero-order valence-corrected chi connectivity index (χ0v) is 13.3. The summed E-state index contributed by atoms with van der Waals surface area (Å²) in [7, 11) is 0. The lowest BCUT2D eigenvalue weighted by Crippen LogP contribution is -2.42. The number of rotatable bonds is 7. The summed E-state index contributed by atoms with van der Waals surface area (Å²) in [5, 5.41) is 0.936. The van der Waals surface area contributed by atoms with Crippen molar-refractivity contribution in [1.29, 1.82) is 0 Å². The molecule has 1 aromatic rings. The summed E-state index contributed by atoms with van der Waals surface area (Å²) in [6.07, 6.45) is 4.80. The van der Waals surface area contributed by atoms with Gasteiger partial charge in [0.1, 0.15) is 0 Å². The first kappa shape index (κ1) is 14.6. The van der Waals surface area contributed by atoms with Gasteiger partial charge in [-0.3, -0.25) is 0 Å². The van der Waals surface area contributed by atoms with Crippen LogP contribution >= 0.6 is 15.9 Å². The molecule has 0 bridgehead atoms. The second kappa shape index (κ2) is 7.08. The minimum Gasteiger partial charge on any atom is -0.478 e. The van der Waals surface area contributed by atoms with E-state index in [0.29, 0.717) is 18.5 Å². The number of hydrogen-bond donors (Lipinski definition) is 0. The van der Waals surface area contributed by atoms with Gasteiger partial charge in [-0.25, -0.2) is 4.98 Å². The molecule has 0 aromatic carbocycles. The van der Waals surface area contributed by atoms with E-state index >= 15 is 0 Å². The summed E-state index contributed by atoms with van der Waals surface area (Å²) in [6, 6.07) is 2.50. The molecule has 106 valence electrons. The van der Waals surface area contributed by atoms with E-state index in [1.165, 1.54) is 19.3 Å². The van der Waals surface area contributed by atoms with Gasteiger partial charge in [-0.05, 0) is 32.6 Å². The molecule has 2 rings (SSSR count). The largest absolute Gasteiger partial charge is 0.478 e. The van der Waals surface area contributed by atoms with Gasteiger partial charge in [-0.15, -0.1) is 0 Å². The fourth-order valence-electron chi connectivity index (χ4n) is 2.17. The van der Waals surface area contributed by atoms with E-state index in [2.05, 4.69) is 37.7 Å². The highest BCUT2D eigenvalue weighted by Gasteiger charge is 2.26. The molecule has 1 saturated carbocycles. The molecule has 0 saturated heterocycles. The zero-order valence-electron chi connectivity index (χ0n) is 11.7. The van der Waals surface area contributed by atoms with Crippen LogP contribution in [0.4, 0.5) is 5.95 Å². The predicted octanol–water partition coefficient (Wildman–Crippen LogP) is 3.33. The van der Waals surface area contributed by atoms with E-state index < -0.39 is 0 Å². The van der Waals surface area contributed by atoms with Gasteiger partial charge < -0.3 is 9.64 Å². The summed E-state index contributed by atoms with van der Waals surface area (Å²) in [5.41, 5.74) is 0.968. The molecule has 0 radical (unpaired) electrons. The van der Waals surface area contributed by atoms with Gasteiger partial charge in [0.05, 0.1) is 6.61 Å². The summed E-state index contributed by atoms with van der Waals surface area (Å²) < 4.78 is 5.65. The van der Waals surface area contributed by atoms with E-state index in [1.54, 1.807) is 0 Å². The minimum absolute atomic E-state index is 0.596. The molecule has 1 aliphatic rings. The molecule has 1 aliphatic carbocycles. The lowest BCUT2D eigenvalue weighted by Gasteiger charge is -2.37. The van der Waals surface area contributed by atoms with E-state index in [0.717, 1.165) is 29.9 Å². The second-order valence-corrected chi connectivity index (χ2v) is 5.76. The first-order chi connectivity index (χ1) is 9.24. The number of aromatic nitrogens is 2. The van der Waals surface area contributed by atoms with Crippen LogP contribution in [0.3, 0.4) is 0 Å². The smallest absolute Gasteiger partial charge is 0.229 e. The molecule has 1 fully saturated rings. The fourth-order valence-corrected chi connectivity index (χ4v) is 2.55. The van der Waals surface area contributed by atoms with E-state index in [-0.39, 0.29) is 0 Å². The van der Waals surface area contributed by atoms with Gasteiger partial charge in [-0.2, -0.15) is 4.98 Å². The van der Waals surface area contributed by atoms with Crippen LogP contribution in [0.15, 0.2) is 6.07 Å². The third kappa shape index (κ3) is 3.81. The number of alkyl halides is 1. The zero-order chi connectivity index (χ0) is 13.7. The highest BCUT2D eigenvalue weighted by Crippen LogP contribution is 2.28. The van der Waals surface area contributed by atoms with Crippen LogP contribution < -0.4 is 9.64 Å². The Morgan fingerprint density at radius 2 is 2.21 bits per heavy atom. The molecule has 0 spiro atoms. The first-order valence-electron chi connectivity index (χ1n) is 7.05. The minimum atomic E-state index is 0.596. The Morgan fingerprint density at radius 3 is 2.79 bits per heavy atom. The Bertz CT molecular complexity index is 410. The van der Waals surface area contributed by atoms with E-state index in [4.69, 9.17) is 4.74 Å². The van der Waals surface area contributed by atoms with Crippen molar-refractivity contribution in [3.05, 3.63) is 11.8 Å². The van der Waals surface area contributed by atoms with Crippen LogP contribution in [-0.4, -0.2) is 34.5 Å². The normalized spacial score (nSPS) is 15.1. The number of hydrogen-bond acceptors (Lipinski definition) is 4. The standard InChI is InChI=1S/C14H22BrN3O/c1-3-9-19-13-10-11(2)16-14(17-13)18(8-7-15)12-5-4-6-12/h10,12H,3-9H2,1-2H3. The van der Waals surface area contributed by atoms with Gasteiger partial charge in [0, 0.05) is 29.7 Å². The van der Waals surface area contributed by atoms with Crippen molar-refractivity contribution < 1.29 is 4.74 Å². The SMILES string of the molecule is CCCOc1cc(C)nc(N(CCBr)C2CCC2)n1. The maximum Gasteiger partial charge on any atom is 0.229 e. The van der Waals surface area contributed by atoms with Crippen LogP contribution in [0.25, 0.3) is 0 Å².